The molecule has 1 fully saturated rings. The molecule has 1 aromatic heterocycles. The van der Waals surface area contributed by atoms with Crippen LogP contribution in [0.25, 0.3) is 0 Å². The predicted octanol–water partition coefficient (Wildman–Crippen LogP) is 2.29. The highest BCUT2D eigenvalue weighted by Crippen LogP contribution is 2.33. The van der Waals surface area contributed by atoms with E-state index in [9.17, 15) is 0 Å². The standard InChI is InChI=1S/C14H26N4S/c1-11(2)18-9-12(8-16-18)13(7-15)17-5-6-19-14(3,4)10-17/h8-9,11,13H,5-7,10,15H2,1-4H3. The third-order valence-corrected chi connectivity index (χ3v) is 4.95. The van der Waals surface area contributed by atoms with Gasteiger partial charge in [-0.15, -0.1) is 0 Å². The first-order chi connectivity index (χ1) is 8.93. The lowest BCUT2D eigenvalue weighted by Crippen LogP contribution is -2.46. The molecule has 0 aliphatic carbocycles. The minimum absolute atomic E-state index is 0.299. The molecule has 1 unspecified atom stereocenters. The first kappa shape index (κ1) is 14.9. The predicted molar refractivity (Wildman–Crippen MR) is 82.5 cm³/mol. The molecule has 5 heteroatoms. The van der Waals surface area contributed by atoms with E-state index in [0.717, 1.165) is 13.1 Å². The Morgan fingerprint density at radius 2 is 2.21 bits per heavy atom. The van der Waals surface area contributed by atoms with Gasteiger partial charge in [0, 0.05) is 47.9 Å². The van der Waals surface area contributed by atoms with Gasteiger partial charge in [-0.2, -0.15) is 16.9 Å². The van der Waals surface area contributed by atoms with Crippen molar-refractivity contribution in [2.24, 2.45) is 5.73 Å². The van der Waals surface area contributed by atoms with E-state index in [1.54, 1.807) is 0 Å². The van der Waals surface area contributed by atoms with Crippen LogP contribution in [0.3, 0.4) is 0 Å². The van der Waals surface area contributed by atoms with E-state index >= 15 is 0 Å². The molecule has 1 aliphatic heterocycles. The SMILES string of the molecule is CC(C)n1cc(C(CN)N2CCSC(C)(C)C2)cn1. The van der Waals surface area contributed by atoms with Gasteiger partial charge in [0.2, 0.25) is 0 Å². The van der Waals surface area contributed by atoms with Crippen molar-refractivity contribution in [1.82, 2.24) is 14.7 Å². The van der Waals surface area contributed by atoms with Gasteiger partial charge < -0.3 is 5.73 Å². The minimum atomic E-state index is 0.299. The van der Waals surface area contributed by atoms with E-state index in [4.69, 9.17) is 5.73 Å². The molecule has 0 aromatic carbocycles. The molecule has 0 spiro atoms. The molecule has 1 aliphatic rings. The average Bonchev–Trinajstić information content (AvgIpc) is 2.78. The number of thioether (sulfide) groups is 1. The van der Waals surface area contributed by atoms with Crippen LogP contribution in [0.15, 0.2) is 12.4 Å². The van der Waals surface area contributed by atoms with Gasteiger partial charge in [-0.1, -0.05) is 0 Å². The lowest BCUT2D eigenvalue weighted by atomic mass is 10.1. The summed E-state index contributed by atoms with van der Waals surface area (Å²) in [5, 5.41) is 4.44. The number of hydrogen-bond acceptors (Lipinski definition) is 4. The molecule has 1 aromatic rings. The highest BCUT2D eigenvalue weighted by molar-refractivity contribution is 8.00. The maximum atomic E-state index is 6.02. The third-order valence-electron chi connectivity index (χ3n) is 3.65. The Kier molecular flexibility index (Phi) is 4.58. The zero-order valence-corrected chi connectivity index (χ0v) is 13.3. The zero-order chi connectivity index (χ0) is 14.0. The van der Waals surface area contributed by atoms with Crippen molar-refractivity contribution >= 4 is 11.8 Å². The molecule has 2 rings (SSSR count). The monoisotopic (exact) mass is 282 g/mol. The summed E-state index contributed by atoms with van der Waals surface area (Å²) in [4.78, 5) is 2.51. The molecule has 2 heterocycles. The smallest absolute Gasteiger partial charge is 0.0538 e. The summed E-state index contributed by atoms with van der Waals surface area (Å²) in [5.41, 5.74) is 7.27. The number of hydrogen-bond donors (Lipinski definition) is 1. The van der Waals surface area contributed by atoms with Gasteiger partial charge in [-0.25, -0.2) is 0 Å². The molecular weight excluding hydrogens is 256 g/mol. The van der Waals surface area contributed by atoms with Gasteiger partial charge in [-0.05, 0) is 27.7 Å². The van der Waals surface area contributed by atoms with Gasteiger partial charge in [0.1, 0.15) is 0 Å². The Morgan fingerprint density at radius 3 is 2.74 bits per heavy atom. The van der Waals surface area contributed by atoms with Crippen LogP contribution in [0.2, 0.25) is 0 Å². The van der Waals surface area contributed by atoms with Crippen LogP contribution in [0.5, 0.6) is 0 Å². The molecule has 0 bridgehead atoms. The van der Waals surface area contributed by atoms with Crippen LogP contribution >= 0.6 is 11.8 Å². The van der Waals surface area contributed by atoms with E-state index in [1.807, 2.05) is 10.9 Å². The van der Waals surface area contributed by atoms with Crippen LogP contribution in [0.1, 0.15) is 45.3 Å². The summed E-state index contributed by atoms with van der Waals surface area (Å²) in [5.74, 6) is 1.18. The topological polar surface area (TPSA) is 47.1 Å². The van der Waals surface area contributed by atoms with Gasteiger partial charge in [0.05, 0.1) is 12.2 Å². The quantitative estimate of drug-likeness (QED) is 0.920. The molecule has 0 amide bonds. The highest BCUT2D eigenvalue weighted by Gasteiger charge is 2.31. The normalized spacial score (nSPS) is 21.8. The fraction of sp³-hybridized carbons (Fsp3) is 0.786. The maximum absolute atomic E-state index is 6.02. The van der Waals surface area contributed by atoms with E-state index in [2.05, 4.69) is 55.7 Å². The third kappa shape index (κ3) is 3.52. The average molecular weight is 282 g/mol. The highest BCUT2D eigenvalue weighted by atomic mass is 32.2. The van der Waals surface area contributed by atoms with Crippen molar-refractivity contribution < 1.29 is 0 Å². The van der Waals surface area contributed by atoms with Crippen molar-refractivity contribution in [3.63, 3.8) is 0 Å². The Hall–Kier alpha value is -0.520. The zero-order valence-electron chi connectivity index (χ0n) is 12.5. The van der Waals surface area contributed by atoms with E-state index in [0.29, 0.717) is 23.4 Å². The Labute approximate surface area is 120 Å². The Morgan fingerprint density at radius 1 is 1.47 bits per heavy atom. The second kappa shape index (κ2) is 5.85. The lowest BCUT2D eigenvalue weighted by molar-refractivity contribution is 0.192. The minimum Gasteiger partial charge on any atom is -0.329 e. The Bertz CT molecular complexity index is 413. The first-order valence-corrected chi connectivity index (χ1v) is 8.03. The molecule has 4 nitrogen and oxygen atoms in total. The largest absolute Gasteiger partial charge is 0.329 e. The van der Waals surface area contributed by atoms with Crippen molar-refractivity contribution in [1.29, 1.82) is 0 Å². The van der Waals surface area contributed by atoms with Crippen LogP contribution in [0, 0.1) is 0 Å². The Balaban J connectivity index is 2.14. The summed E-state index contributed by atoms with van der Waals surface area (Å²) >= 11 is 2.05. The lowest BCUT2D eigenvalue weighted by Gasteiger charge is -2.41. The van der Waals surface area contributed by atoms with Crippen LogP contribution < -0.4 is 5.73 Å². The summed E-state index contributed by atoms with van der Waals surface area (Å²) in [7, 11) is 0. The summed E-state index contributed by atoms with van der Waals surface area (Å²) in [6.07, 6.45) is 4.13. The fourth-order valence-corrected chi connectivity index (χ4v) is 3.76. The van der Waals surface area contributed by atoms with Crippen molar-refractivity contribution in [2.45, 2.75) is 44.5 Å². The van der Waals surface area contributed by atoms with Gasteiger partial charge >= 0.3 is 0 Å². The van der Waals surface area contributed by atoms with E-state index in [1.165, 1.54) is 11.3 Å². The summed E-state index contributed by atoms with van der Waals surface area (Å²) < 4.78 is 2.33. The van der Waals surface area contributed by atoms with Crippen LogP contribution in [0.4, 0.5) is 0 Å². The van der Waals surface area contributed by atoms with Crippen LogP contribution in [-0.2, 0) is 0 Å². The number of nitrogens with two attached hydrogens (primary N) is 1. The fourth-order valence-electron chi connectivity index (χ4n) is 2.62. The molecule has 0 saturated carbocycles. The first-order valence-electron chi connectivity index (χ1n) is 7.05. The molecule has 108 valence electrons. The second-order valence-corrected chi connectivity index (χ2v) is 7.98. The van der Waals surface area contributed by atoms with E-state index < -0.39 is 0 Å². The number of rotatable bonds is 4. The molecule has 19 heavy (non-hydrogen) atoms. The van der Waals surface area contributed by atoms with Gasteiger partial charge in [0.25, 0.3) is 0 Å². The van der Waals surface area contributed by atoms with Crippen molar-refractivity contribution in [3.05, 3.63) is 18.0 Å². The van der Waals surface area contributed by atoms with Gasteiger partial charge in [0.15, 0.2) is 0 Å². The second-order valence-electron chi connectivity index (χ2n) is 6.18. The van der Waals surface area contributed by atoms with Crippen LogP contribution in [-0.4, -0.2) is 44.8 Å². The molecule has 1 saturated heterocycles. The molecule has 2 N–H and O–H groups in total. The maximum Gasteiger partial charge on any atom is 0.0538 e. The number of aromatic nitrogens is 2. The molecule has 1 atom stereocenters. The van der Waals surface area contributed by atoms with E-state index in [-0.39, 0.29) is 0 Å². The number of nitrogens with zero attached hydrogens (tertiary/aromatic N) is 3. The molecular formula is C14H26N4S. The van der Waals surface area contributed by atoms with Gasteiger partial charge in [-0.3, -0.25) is 9.58 Å². The summed E-state index contributed by atoms with van der Waals surface area (Å²) in [6, 6.07) is 0.702. The van der Waals surface area contributed by atoms with Crippen molar-refractivity contribution in [3.8, 4) is 0 Å². The summed E-state index contributed by atoms with van der Waals surface area (Å²) in [6.45, 7) is 11.8. The van der Waals surface area contributed by atoms with Crippen molar-refractivity contribution in [2.75, 3.05) is 25.4 Å². The molecule has 0 radical (unpaired) electrons.